The molecule has 0 spiro atoms. The highest BCUT2D eigenvalue weighted by molar-refractivity contribution is 5.95. The van der Waals surface area contributed by atoms with Crippen molar-refractivity contribution in [2.45, 2.75) is 26.2 Å². The number of nitrogens with zero attached hydrogens (tertiary/aromatic N) is 1. The summed E-state index contributed by atoms with van der Waals surface area (Å²) in [6.07, 6.45) is 2.49. The molecule has 1 aromatic rings. The number of hydrogen-bond donors (Lipinski definition) is 1. The molecule has 0 aliphatic carbocycles. The Morgan fingerprint density at radius 2 is 2.28 bits per heavy atom. The van der Waals surface area contributed by atoms with Crippen molar-refractivity contribution in [1.29, 1.82) is 0 Å². The second-order valence-electron chi connectivity index (χ2n) is 4.43. The lowest BCUT2D eigenvalue weighted by atomic mass is 10.1. The topological polar surface area (TPSA) is 55.6 Å². The largest absolute Gasteiger partial charge is 0.492 e. The summed E-state index contributed by atoms with van der Waals surface area (Å²) in [6, 6.07) is 5.94. The third-order valence-electron chi connectivity index (χ3n) is 3.19. The zero-order chi connectivity index (χ0) is 13.0. The summed E-state index contributed by atoms with van der Waals surface area (Å²) in [4.78, 5) is 13.6. The Morgan fingerprint density at radius 1 is 1.44 bits per heavy atom. The van der Waals surface area contributed by atoms with Crippen LogP contribution in [-0.2, 0) is 11.2 Å². The molecule has 18 heavy (non-hydrogen) atoms. The Hall–Kier alpha value is -1.55. The predicted octanol–water partition coefficient (Wildman–Crippen LogP) is 1.71. The zero-order valence-corrected chi connectivity index (χ0v) is 10.8. The van der Waals surface area contributed by atoms with E-state index in [1.807, 2.05) is 17.0 Å². The normalized spacial score (nSPS) is 15.2. The van der Waals surface area contributed by atoms with Crippen LogP contribution >= 0.6 is 0 Å². The lowest BCUT2D eigenvalue weighted by molar-refractivity contribution is -0.117. The summed E-state index contributed by atoms with van der Waals surface area (Å²) in [7, 11) is 0. The molecular weight excluding hydrogens is 228 g/mol. The highest BCUT2D eigenvalue weighted by Gasteiger charge is 2.22. The van der Waals surface area contributed by atoms with Crippen molar-refractivity contribution in [3.8, 4) is 5.75 Å². The monoisotopic (exact) mass is 248 g/mol. The van der Waals surface area contributed by atoms with Crippen LogP contribution in [0.5, 0.6) is 5.75 Å². The van der Waals surface area contributed by atoms with Gasteiger partial charge in [0.2, 0.25) is 5.91 Å². The Kier molecular flexibility index (Phi) is 4.20. The maximum Gasteiger partial charge on any atom is 0.227 e. The molecule has 2 N–H and O–H groups in total. The first kappa shape index (κ1) is 12.9. The van der Waals surface area contributed by atoms with Crippen LogP contribution in [0.15, 0.2) is 18.2 Å². The van der Waals surface area contributed by atoms with Gasteiger partial charge < -0.3 is 15.4 Å². The van der Waals surface area contributed by atoms with Gasteiger partial charge in [0, 0.05) is 25.2 Å². The minimum Gasteiger partial charge on any atom is -0.492 e. The van der Waals surface area contributed by atoms with E-state index in [1.165, 1.54) is 0 Å². The molecule has 0 saturated carbocycles. The van der Waals surface area contributed by atoms with Gasteiger partial charge in [-0.05, 0) is 36.6 Å². The number of amides is 1. The smallest absolute Gasteiger partial charge is 0.227 e. The van der Waals surface area contributed by atoms with Crippen LogP contribution in [-0.4, -0.2) is 25.6 Å². The van der Waals surface area contributed by atoms with E-state index < -0.39 is 0 Å². The number of anilines is 1. The van der Waals surface area contributed by atoms with Crippen LogP contribution in [0.4, 0.5) is 5.69 Å². The van der Waals surface area contributed by atoms with E-state index >= 15 is 0 Å². The fraction of sp³-hybridized carbons (Fsp3) is 0.500. The van der Waals surface area contributed by atoms with E-state index in [1.54, 1.807) is 0 Å². The summed E-state index contributed by atoms with van der Waals surface area (Å²) < 4.78 is 5.59. The van der Waals surface area contributed by atoms with Crippen molar-refractivity contribution in [3.05, 3.63) is 23.8 Å². The average molecular weight is 248 g/mol. The van der Waals surface area contributed by atoms with Gasteiger partial charge in [-0.3, -0.25) is 4.79 Å². The van der Waals surface area contributed by atoms with Crippen LogP contribution in [0.3, 0.4) is 0 Å². The molecular formula is C14H20N2O2. The van der Waals surface area contributed by atoms with Gasteiger partial charge >= 0.3 is 0 Å². The van der Waals surface area contributed by atoms with Crippen LogP contribution in [0.25, 0.3) is 0 Å². The van der Waals surface area contributed by atoms with Gasteiger partial charge in [-0.25, -0.2) is 0 Å². The molecule has 0 atom stereocenters. The molecule has 1 aliphatic heterocycles. The summed E-state index contributed by atoms with van der Waals surface area (Å²) in [5, 5.41) is 0. The first-order valence-electron chi connectivity index (χ1n) is 6.52. The maximum atomic E-state index is 11.7. The molecule has 0 radical (unpaired) electrons. The quantitative estimate of drug-likeness (QED) is 0.863. The molecule has 1 saturated heterocycles. The molecule has 1 heterocycles. The highest BCUT2D eigenvalue weighted by atomic mass is 16.5. The minimum atomic E-state index is 0.215. The van der Waals surface area contributed by atoms with Crippen molar-refractivity contribution >= 4 is 11.6 Å². The van der Waals surface area contributed by atoms with Gasteiger partial charge in [0.1, 0.15) is 12.4 Å². The third-order valence-corrected chi connectivity index (χ3v) is 3.19. The average Bonchev–Trinajstić information content (AvgIpc) is 2.82. The van der Waals surface area contributed by atoms with Gasteiger partial charge in [-0.1, -0.05) is 6.92 Å². The molecule has 0 unspecified atom stereocenters. The second-order valence-corrected chi connectivity index (χ2v) is 4.43. The van der Waals surface area contributed by atoms with Gasteiger partial charge in [0.25, 0.3) is 0 Å². The number of nitrogens with two attached hydrogens (primary N) is 1. The van der Waals surface area contributed by atoms with Gasteiger partial charge in [0.05, 0.1) is 0 Å². The van der Waals surface area contributed by atoms with Crippen molar-refractivity contribution in [2.75, 3.05) is 24.6 Å². The molecule has 2 rings (SSSR count). The second kappa shape index (κ2) is 5.87. The number of hydrogen-bond acceptors (Lipinski definition) is 3. The van der Waals surface area contributed by atoms with Crippen molar-refractivity contribution in [1.82, 2.24) is 0 Å². The highest BCUT2D eigenvalue weighted by Crippen LogP contribution is 2.28. The number of ether oxygens (including phenoxy) is 1. The fourth-order valence-corrected chi connectivity index (χ4v) is 2.24. The fourth-order valence-electron chi connectivity index (χ4n) is 2.24. The van der Waals surface area contributed by atoms with Gasteiger partial charge in [-0.2, -0.15) is 0 Å². The van der Waals surface area contributed by atoms with E-state index in [0.717, 1.165) is 36.4 Å². The number of aryl methyl sites for hydroxylation is 1. The van der Waals surface area contributed by atoms with Crippen LogP contribution in [0, 0.1) is 0 Å². The van der Waals surface area contributed by atoms with Crippen LogP contribution in [0.1, 0.15) is 25.3 Å². The van der Waals surface area contributed by atoms with E-state index in [9.17, 15) is 4.79 Å². The lowest BCUT2D eigenvalue weighted by Crippen LogP contribution is -2.23. The Bertz CT molecular complexity index is 432. The zero-order valence-electron chi connectivity index (χ0n) is 10.8. The Labute approximate surface area is 108 Å². The van der Waals surface area contributed by atoms with E-state index in [4.69, 9.17) is 10.5 Å². The van der Waals surface area contributed by atoms with Crippen molar-refractivity contribution in [2.24, 2.45) is 5.73 Å². The van der Waals surface area contributed by atoms with E-state index in [-0.39, 0.29) is 5.91 Å². The number of carbonyl (C=O) groups is 1. The first-order valence-corrected chi connectivity index (χ1v) is 6.52. The first-order chi connectivity index (χ1) is 8.76. The number of rotatable bonds is 5. The maximum absolute atomic E-state index is 11.7. The molecule has 1 amide bonds. The summed E-state index contributed by atoms with van der Waals surface area (Å²) in [5.74, 6) is 1.09. The lowest BCUT2D eigenvalue weighted by Gasteiger charge is -2.18. The standard InChI is InChI=1S/C14H20N2O2/c1-2-11-10-12(16-8-3-4-14(16)17)5-6-13(11)18-9-7-15/h5-6,10H,2-4,7-9,15H2,1H3. The van der Waals surface area contributed by atoms with Crippen LogP contribution in [0.2, 0.25) is 0 Å². The molecule has 1 fully saturated rings. The SMILES string of the molecule is CCc1cc(N2CCCC2=O)ccc1OCCN. The Morgan fingerprint density at radius 3 is 2.89 bits per heavy atom. The third kappa shape index (κ3) is 2.64. The van der Waals surface area contributed by atoms with Crippen molar-refractivity contribution in [3.63, 3.8) is 0 Å². The molecule has 1 aromatic carbocycles. The van der Waals surface area contributed by atoms with E-state index in [0.29, 0.717) is 19.6 Å². The molecule has 0 bridgehead atoms. The summed E-state index contributed by atoms with van der Waals surface area (Å²) >= 11 is 0. The Balaban J connectivity index is 2.21. The van der Waals surface area contributed by atoms with Crippen LogP contribution < -0.4 is 15.4 Å². The molecule has 1 aliphatic rings. The predicted molar refractivity (Wildman–Crippen MR) is 72.0 cm³/mol. The van der Waals surface area contributed by atoms with Gasteiger partial charge in [-0.15, -0.1) is 0 Å². The van der Waals surface area contributed by atoms with Crippen molar-refractivity contribution < 1.29 is 9.53 Å². The summed E-state index contributed by atoms with van der Waals surface area (Å²) in [5.41, 5.74) is 7.54. The molecule has 4 nitrogen and oxygen atoms in total. The minimum absolute atomic E-state index is 0.215. The molecule has 98 valence electrons. The molecule has 4 heteroatoms. The number of carbonyl (C=O) groups excluding carboxylic acids is 1. The van der Waals surface area contributed by atoms with Gasteiger partial charge in [0.15, 0.2) is 0 Å². The molecule has 0 aromatic heterocycles. The van der Waals surface area contributed by atoms with E-state index in [2.05, 4.69) is 13.0 Å². The number of benzene rings is 1. The summed E-state index contributed by atoms with van der Waals surface area (Å²) in [6.45, 7) is 3.94.